The molecular weight excluding hydrogens is 324 g/mol. The van der Waals surface area contributed by atoms with Gasteiger partial charge in [0.05, 0.1) is 10.2 Å². The van der Waals surface area contributed by atoms with E-state index in [0.29, 0.717) is 5.01 Å². The maximum atomic E-state index is 9.71. The zero-order valence-corrected chi connectivity index (χ0v) is 11.6. The van der Waals surface area contributed by atoms with Gasteiger partial charge in [-0.2, -0.15) is 5.26 Å². The van der Waals surface area contributed by atoms with Crippen molar-refractivity contribution in [3.05, 3.63) is 35.0 Å². The number of aromatic nitrogens is 1. The van der Waals surface area contributed by atoms with Crippen LogP contribution in [0.2, 0.25) is 0 Å². The van der Waals surface area contributed by atoms with Crippen molar-refractivity contribution in [2.45, 2.75) is 4.29 Å². The van der Waals surface area contributed by atoms with E-state index in [9.17, 15) is 5.11 Å². The van der Waals surface area contributed by atoms with Gasteiger partial charge in [-0.05, 0) is 12.1 Å². The Morgan fingerprint density at radius 2 is 2.24 bits per heavy atom. The Kier molecular flexibility index (Phi) is 3.67. The van der Waals surface area contributed by atoms with Gasteiger partial charge in [-0.3, -0.25) is 0 Å². The Morgan fingerprint density at radius 1 is 1.53 bits per heavy atom. The molecule has 0 radical (unpaired) electrons. The van der Waals surface area contributed by atoms with Crippen LogP contribution >= 0.6 is 38.9 Å². The fourth-order valence-electron chi connectivity index (χ4n) is 1.30. The number of para-hydroxylation sites is 1. The molecule has 2 rings (SSSR count). The number of hydrogen-bond acceptors (Lipinski definition) is 4. The van der Waals surface area contributed by atoms with Gasteiger partial charge in [-0.15, -0.1) is 22.9 Å². The Bertz CT molecular complexity index is 597. The maximum absolute atomic E-state index is 9.71. The van der Waals surface area contributed by atoms with E-state index in [1.807, 2.05) is 30.3 Å². The molecule has 0 aliphatic rings. The predicted octanol–water partition coefficient (Wildman–Crippen LogP) is 4.05. The van der Waals surface area contributed by atoms with Crippen LogP contribution in [-0.4, -0.2) is 14.4 Å². The highest BCUT2D eigenvalue weighted by Crippen LogP contribution is 2.30. The number of aliphatic hydroxyl groups is 1. The molecule has 1 aromatic heterocycles. The Balaban J connectivity index is 2.60. The van der Waals surface area contributed by atoms with E-state index in [1.54, 1.807) is 0 Å². The summed E-state index contributed by atoms with van der Waals surface area (Å²) in [6, 6.07) is 9.46. The van der Waals surface area contributed by atoms with Gasteiger partial charge < -0.3 is 5.11 Å². The molecule has 86 valence electrons. The molecule has 0 saturated heterocycles. The lowest BCUT2D eigenvalue weighted by Crippen LogP contribution is -1.96. The van der Waals surface area contributed by atoms with Gasteiger partial charge in [0.25, 0.3) is 0 Å². The van der Waals surface area contributed by atoms with E-state index in [1.165, 1.54) is 11.3 Å². The molecule has 0 amide bonds. The molecule has 1 atom stereocenters. The fraction of sp³-hybridized carbons (Fsp3) is 0.0909. The molecule has 3 nitrogen and oxygen atoms in total. The topological polar surface area (TPSA) is 56.9 Å². The van der Waals surface area contributed by atoms with E-state index < -0.39 is 4.29 Å². The smallest absolute Gasteiger partial charge is 0.147 e. The van der Waals surface area contributed by atoms with Crippen molar-refractivity contribution >= 4 is 54.7 Å². The molecule has 1 N–H and O–H groups in total. The monoisotopic (exact) mass is 328 g/mol. The Labute approximate surface area is 115 Å². The average Bonchev–Trinajstić information content (AvgIpc) is 2.72. The molecule has 0 bridgehead atoms. The number of thiazole rings is 1. The number of benzene rings is 1. The quantitative estimate of drug-likeness (QED) is 0.514. The molecule has 0 aliphatic carbocycles. The molecule has 2 aromatic rings. The molecular formula is C11H6BrClN2OS. The standard InChI is InChI=1S/C11H6BrClN2OS/c12-10(13)9(16)6(5-14)11-15-7-3-1-2-4-8(7)17-11/h1-4,10,16H. The number of hydrogen-bond donors (Lipinski definition) is 1. The van der Waals surface area contributed by atoms with Gasteiger partial charge in [-0.1, -0.05) is 28.1 Å². The van der Waals surface area contributed by atoms with Crippen LogP contribution in [0, 0.1) is 11.3 Å². The predicted molar refractivity (Wildman–Crippen MR) is 73.3 cm³/mol. The number of aliphatic hydroxyl groups excluding tert-OH is 1. The summed E-state index contributed by atoms with van der Waals surface area (Å²) in [4.78, 5) is 4.29. The van der Waals surface area contributed by atoms with Crippen LogP contribution in [0.4, 0.5) is 0 Å². The fourth-order valence-corrected chi connectivity index (χ4v) is 2.61. The third kappa shape index (κ3) is 2.44. The number of nitriles is 1. The van der Waals surface area contributed by atoms with E-state index in [4.69, 9.17) is 16.9 Å². The van der Waals surface area contributed by atoms with Gasteiger partial charge >= 0.3 is 0 Å². The van der Waals surface area contributed by atoms with Crippen molar-refractivity contribution in [3.8, 4) is 6.07 Å². The van der Waals surface area contributed by atoms with Crippen LogP contribution in [0.1, 0.15) is 5.01 Å². The van der Waals surface area contributed by atoms with Crippen LogP contribution in [0.5, 0.6) is 0 Å². The highest BCUT2D eigenvalue weighted by atomic mass is 79.9. The first-order valence-electron chi connectivity index (χ1n) is 4.61. The minimum absolute atomic E-state index is 0.100. The zero-order chi connectivity index (χ0) is 12.4. The van der Waals surface area contributed by atoms with E-state index in [2.05, 4.69) is 20.9 Å². The van der Waals surface area contributed by atoms with Crippen LogP contribution in [0.3, 0.4) is 0 Å². The van der Waals surface area contributed by atoms with Gasteiger partial charge in [0.1, 0.15) is 26.7 Å². The van der Waals surface area contributed by atoms with Gasteiger partial charge in [-0.25, -0.2) is 4.98 Å². The lowest BCUT2D eigenvalue weighted by Gasteiger charge is -2.01. The highest BCUT2D eigenvalue weighted by Gasteiger charge is 2.17. The second kappa shape index (κ2) is 5.05. The first-order chi connectivity index (χ1) is 8.13. The molecule has 0 saturated carbocycles. The normalized spacial score (nSPS) is 14.2. The van der Waals surface area contributed by atoms with Gasteiger partial charge in [0, 0.05) is 0 Å². The molecule has 6 heteroatoms. The largest absolute Gasteiger partial charge is 0.508 e. The molecule has 0 aliphatic heterocycles. The third-order valence-corrected chi connectivity index (χ3v) is 3.78. The summed E-state index contributed by atoms with van der Waals surface area (Å²) >= 11 is 10.0. The summed E-state index contributed by atoms with van der Waals surface area (Å²) in [5.74, 6) is -0.215. The van der Waals surface area contributed by atoms with Crippen molar-refractivity contribution in [1.82, 2.24) is 4.98 Å². The highest BCUT2D eigenvalue weighted by molar-refractivity contribution is 9.10. The molecule has 1 unspecified atom stereocenters. The van der Waals surface area contributed by atoms with Crippen molar-refractivity contribution in [2.75, 3.05) is 0 Å². The molecule has 1 aromatic carbocycles. The summed E-state index contributed by atoms with van der Waals surface area (Å²) in [5.41, 5.74) is 0.900. The maximum Gasteiger partial charge on any atom is 0.147 e. The van der Waals surface area contributed by atoms with Crippen molar-refractivity contribution in [1.29, 1.82) is 5.26 Å². The molecule has 17 heavy (non-hydrogen) atoms. The number of allylic oxidation sites excluding steroid dienone is 2. The van der Waals surface area contributed by atoms with Crippen LogP contribution < -0.4 is 0 Å². The summed E-state index contributed by atoms with van der Waals surface area (Å²) in [6.45, 7) is 0. The number of nitrogens with zero attached hydrogens (tertiary/aromatic N) is 2. The van der Waals surface area contributed by atoms with Crippen molar-refractivity contribution in [2.24, 2.45) is 0 Å². The summed E-state index contributed by atoms with van der Waals surface area (Å²) in [5, 5.41) is 19.2. The van der Waals surface area contributed by atoms with Crippen LogP contribution in [-0.2, 0) is 0 Å². The minimum atomic E-state index is -0.788. The number of halogens is 2. The molecule has 0 spiro atoms. The number of rotatable bonds is 2. The zero-order valence-electron chi connectivity index (χ0n) is 8.39. The summed E-state index contributed by atoms with van der Waals surface area (Å²) < 4.78 is 0.174. The Morgan fingerprint density at radius 3 is 2.82 bits per heavy atom. The summed E-state index contributed by atoms with van der Waals surface area (Å²) in [7, 11) is 0. The van der Waals surface area contributed by atoms with Crippen LogP contribution in [0.25, 0.3) is 15.8 Å². The van der Waals surface area contributed by atoms with Crippen LogP contribution in [0.15, 0.2) is 30.0 Å². The number of alkyl halides is 2. The average molecular weight is 330 g/mol. The SMILES string of the molecule is N#CC(=C(O)C(Cl)Br)c1nc2ccccc2s1. The lowest BCUT2D eigenvalue weighted by molar-refractivity contribution is 0.415. The third-order valence-electron chi connectivity index (χ3n) is 2.08. The van der Waals surface area contributed by atoms with Crippen molar-refractivity contribution < 1.29 is 5.11 Å². The summed E-state index contributed by atoms with van der Waals surface area (Å²) in [6.07, 6.45) is 0. The second-order valence-corrected chi connectivity index (χ2v) is 6.07. The van der Waals surface area contributed by atoms with E-state index in [0.717, 1.165) is 10.2 Å². The van der Waals surface area contributed by atoms with Crippen molar-refractivity contribution in [3.63, 3.8) is 0 Å². The molecule has 1 heterocycles. The first-order valence-corrected chi connectivity index (χ1v) is 6.77. The van der Waals surface area contributed by atoms with Gasteiger partial charge in [0.15, 0.2) is 0 Å². The second-order valence-electron chi connectivity index (χ2n) is 3.16. The minimum Gasteiger partial charge on any atom is -0.508 e. The van der Waals surface area contributed by atoms with E-state index in [-0.39, 0.29) is 11.3 Å². The molecule has 0 fully saturated rings. The number of fused-ring (bicyclic) bond motifs is 1. The lowest BCUT2D eigenvalue weighted by atomic mass is 10.2. The first kappa shape index (κ1) is 12.4. The Hall–Kier alpha value is -1.09. The van der Waals surface area contributed by atoms with Gasteiger partial charge in [0.2, 0.25) is 0 Å². The van der Waals surface area contributed by atoms with E-state index >= 15 is 0 Å².